The molecular formula is C11H16ClN3S. The number of aromatic nitrogens is 1. The third-order valence-corrected chi connectivity index (χ3v) is 2.58. The second kappa shape index (κ2) is 6.01. The van der Waals surface area contributed by atoms with Crippen LogP contribution < -0.4 is 10.6 Å². The summed E-state index contributed by atoms with van der Waals surface area (Å²) in [6.45, 7) is 6.96. The quantitative estimate of drug-likeness (QED) is 0.817. The minimum atomic E-state index is 0.555. The number of halogens is 1. The Balaban J connectivity index is 2.53. The van der Waals surface area contributed by atoms with Gasteiger partial charge in [-0.2, -0.15) is 0 Å². The number of rotatable bonds is 3. The van der Waals surface area contributed by atoms with Gasteiger partial charge in [-0.25, -0.2) is 4.98 Å². The Morgan fingerprint density at radius 3 is 2.75 bits per heavy atom. The SMILES string of the molecule is Cc1nc(NC(=S)NCC(C)C)ccc1Cl. The van der Waals surface area contributed by atoms with Crippen molar-refractivity contribution in [2.45, 2.75) is 20.8 Å². The van der Waals surface area contributed by atoms with Gasteiger partial charge < -0.3 is 10.6 Å². The van der Waals surface area contributed by atoms with Crippen molar-refractivity contribution in [2.24, 2.45) is 5.92 Å². The zero-order valence-electron chi connectivity index (χ0n) is 9.67. The molecule has 0 aliphatic heterocycles. The van der Waals surface area contributed by atoms with E-state index in [1.165, 1.54) is 0 Å². The zero-order valence-corrected chi connectivity index (χ0v) is 11.2. The normalized spacial score (nSPS) is 10.3. The molecule has 0 saturated heterocycles. The molecule has 0 saturated carbocycles. The summed E-state index contributed by atoms with van der Waals surface area (Å²) in [5, 5.41) is 7.37. The smallest absolute Gasteiger partial charge is 0.171 e. The molecule has 88 valence electrons. The summed E-state index contributed by atoms with van der Waals surface area (Å²) < 4.78 is 0. The van der Waals surface area contributed by atoms with Crippen LogP contribution in [0, 0.1) is 12.8 Å². The van der Waals surface area contributed by atoms with Crippen molar-refractivity contribution < 1.29 is 0 Å². The van der Waals surface area contributed by atoms with Gasteiger partial charge in [0, 0.05) is 6.54 Å². The van der Waals surface area contributed by atoms with Crippen LogP contribution in [-0.2, 0) is 0 Å². The van der Waals surface area contributed by atoms with Crippen LogP contribution in [0.15, 0.2) is 12.1 Å². The Labute approximate surface area is 107 Å². The molecule has 1 aromatic rings. The molecule has 0 amide bonds. The first-order valence-electron chi connectivity index (χ1n) is 5.17. The molecule has 1 rings (SSSR count). The van der Waals surface area contributed by atoms with E-state index in [9.17, 15) is 0 Å². The lowest BCUT2D eigenvalue weighted by Crippen LogP contribution is -2.31. The summed E-state index contributed by atoms with van der Waals surface area (Å²) in [7, 11) is 0. The fraction of sp³-hybridized carbons (Fsp3) is 0.455. The van der Waals surface area contributed by atoms with Gasteiger partial charge >= 0.3 is 0 Å². The highest BCUT2D eigenvalue weighted by atomic mass is 35.5. The molecule has 0 aromatic carbocycles. The first kappa shape index (κ1) is 13.2. The standard InChI is InChI=1S/C11H16ClN3S/c1-7(2)6-13-11(16)15-10-5-4-9(12)8(3)14-10/h4-5,7H,6H2,1-3H3,(H2,13,14,15,16). The lowest BCUT2D eigenvalue weighted by Gasteiger charge is -2.12. The molecule has 0 fully saturated rings. The fourth-order valence-electron chi connectivity index (χ4n) is 1.07. The fourth-order valence-corrected chi connectivity index (χ4v) is 1.36. The minimum absolute atomic E-state index is 0.555. The van der Waals surface area contributed by atoms with Crippen LogP contribution in [0.25, 0.3) is 0 Å². The molecule has 0 bridgehead atoms. The monoisotopic (exact) mass is 257 g/mol. The molecular weight excluding hydrogens is 242 g/mol. The van der Waals surface area contributed by atoms with E-state index in [2.05, 4.69) is 29.5 Å². The van der Waals surface area contributed by atoms with Gasteiger partial charge in [0.25, 0.3) is 0 Å². The van der Waals surface area contributed by atoms with E-state index < -0.39 is 0 Å². The Kier molecular flexibility index (Phi) is 4.96. The number of thiocarbonyl (C=S) groups is 1. The van der Waals surface area contributed by atoms with Crippen molar-refractivity contribution in [1.82, 2.24) is 10.3 Å². The van der Waals surface area contributed by atoms with Crippen LogP contribution in [0.2, 0.25) is 5.02 Å². The van der Waals surface area contributed by atoms with Gasteiger partial charge in [-0.15, -0.1) is 0 Å². The van der Waals surface area contributed by atoms with E-state index in [1.54, 1.807) is 12.1 Å². The molecule has 0 atom stereocenters. The maximum atomic E-state index is 5.88. The maximum Gasteiger partial charge on any atom is 0.171 e. The Hall–Kier alpha value is -0.870. The van der Waals surface area contributed by atoms with Gasteiger partial charge in [-0.05, 0) is 37.2 Å². The molecule has 0 radical (unpaired) electrons. The average Bonchev–Trinajstić information content (AvgIpc) is 2.21. The zero-order chi connectivity index (χ0) is 12.1. The predicted molar refractivity (Wildman–Crippen MR) is 73.0 cm³/mol. The van der Waals surface area contributed by atoms with Gasteiger partial charge in [0.05, 0.1) is 10.7 Å². The topological polar surface area (TPSA) is 37.0 Å². The van der Waals surface area contributed by atoms with Crippen LogP contribution in [0.4, 0.5) is 5.82 Å². The summed E-state index contributed by atoms with van der Waals surface area (Å²) in [6, 6.07) is 3.61. The number of anilines is 1. The number of pyridine rings is 1. The molecule has 16 heavy (non-hydrogen) atoms. The summed E-state index contributed by atoms with van der Waals surface area (Å²) in [5.41, 5.74) is 0.790. The molecule has 1 heterocycles. The van der Waals surface area contributed by atoms with Crippen molar-refractivity contribution in [3.63, 3.8) is 0 Å². The Morgan fingerprint density at radius 2 is 2.19 bits per heavy atom. The second-order valence-corrected chi connectivity index (χ2v) is 4.81. The van der Waals surface area contributed by atoms with Crippen molar-refractivity contribution in [1.29, 1.82) is 0 Å². The molecule has 5 heteroatoms. The summed E-state index contributed by atoms with van der Waals surface area (Å²) in [6.07, 6.45) is 0. The van der Waals surface area contributed by atoms with Crippen LogP contribution in [0.1, 0.15) is 19.5 Å². The predicted octanol–water partition coefficient (Wildman–Crippen LogP) is 2.99. The molecule has 0 spiro atoms. The molecule has 2 N–H and O–H groups in total. The largest absolute Gasteiger partial charge is 0.362 e. The van der Waals surface area contributed by atoms with Crippen molar-refractivity contribution in [3.05, 3.63) is 22.8 Å². The Morgan fingerprint density at radius 1 is 1.50 bits per heavy atom. The van der Waals surface area contributed by atoms with Gasteiger partial charge in [-0.3, -0.25) is 0 Å². The highest BCUT2D eigenvalue weighted by molar-refractivity contribution is 7.80. The lowest BCUT2D eigenvalue weighted by molar-refractivity contribution is 0.627. The molecule has 1 aromatic heterocycles. The summed E-state index contributed by atoms with van der Waals surface area (Å²) in [4.78, 5) is 4.27. The van der Waals surface area contributed by atoms with Crippen LogP contribution in [0.5, 0.6) is 0 Å². The second-order valence-electron chi connectivity index (χ2n) is 3.99. The summed E-state index contributed by atoms with van der Waals surface area (Å²) >= 11 is 11.0. The van der Waals surface area contributed by atoms with Crippen molar-refractivity contribution in [3.8, 4) is 0 Å². The first-order chi connectivity index (χ1) is 7.49. The van der Waals surface area contributed by atoms with Gasteiger partial charge in [0.2, 0.25) is 0 Å². The molecule has 3 nitrogen and oxygen atoms in total. The van der Waals surface area contributed by atoms with E-state index in [4.69, 9.17) is 23.8 Å². The van der Waals surface area contributed by atoms with E-state index in [0.29, 0.717) is 21.9 Å². The van der Waals surface area contributed by atoms with E-state index in [1.807, 2.05) is 6.92 Å². The van der Waals surface area contributed by atoms with Crippen LogP contribution in [-0.4, -0.2) is 16.6 Å². The molecule has 0 aliphatic rings. The lowest BCUT2D eigenvalue weighted by atomic mass is 10.2. The minimum Gasteiger partial charge on any atom is -0.362 e. The van der Waals surface area contributed by atoms with E-state index >= 15 is 0 Å². The van der Waals surface area contributed by atoms with Crippen LogP contribution >= 0.6 is 23.8 Å². The highest BCUT2D eigenvalue weighted by Gasteiger charge is 2.02. The number of nitrogens with one attached hydrogen (secondary N) is 2. The number of aryl methyl sites for hydroxylation is 1. The van der Waals surface area contributed by atoms with Gasteiger partial charge in [-0.1, -0.05) is 25.4 Å². The van der Waals surface area contributed by atoms with Crippen molar-refractivity contribution in [2.75, 3.05) is 11.9 Å². The molecule has 0 aliphatic carbocycles. The third-order valence-electron chi connectivity index (χ3n) is 1.93. The number of nitrogens with zero attached hydrogens (tertiary/aromatic N) is 1. The highest BCUT2D eigenvalue weighted by Crippen LogP contribution is 2.15. The van der Waals surface area contributed by atoms with Gasteiger partial charge in [0.1, 0.15) is 5.82 Å². The third kappa shape index (κ3) is 4.33. The number of hydrogen-bond donors (Lipinski definition) is 2. The maximum absolute atomic E-state index is 5.88. The Bertz CT molecular complexity index is 379. The summed E-state index contributed by atoms with van der Waals surface area (Å²) in [5.74, 6) is 1.27. The molecule has 0 unspecified atom stereocenters. The van der Waals surface area contributed by atoms with Crippen LogP contribution in [0.3, 0.4) is 0 Å². The first-order valence-corrected chi connectivity index (χ1v) is 5.95. The van der Waals surface area contributed by atoms with Gasteiger partial charge in [0.15, 0.2) is 5.11 Å². The number of hydrogen-bond acceptors (Lipinski definition) is 2. The van der Waals surface area contributed by atoms with E-state index in [0.717, 1.165) is 12.2 Å². The van der Waals surface area contributed by atoms with Crippen molar-refractivity contribution >= 4 is 34.7 Å². The average molecular weight is 258 g/mol. The van der Waals surface area contributed by atoms with E-state index in [-0.39, 0.29) is 0 Å².